The Morgan fingerprint density at radius 3 is 2.32 bits per heavy atom. The molecule has 3 nitrogen and oxygen atoms in total. The minimum atomic E-state index is -0.0727. The monoisotopic (exact) mass is 297 g/mol. The molecule has 2 aromatic carbocycles. The molecule has 0 heterocycles. The molecule has 116 valence electrons. The highest BCUT2D eigenvalue weighted by atomic mass is 16.5. The van der Waals surface area contributed by atoms with Gasteiger partial charge in [0.05, 0.1) is 13.2 Å². The summed E-state index contributed by atoms with van der Waals surface area (Å²) in [5.41, 5.74) is 5.21. The Morgan fingerprint density at radius 2 is 1.73 bits per heavy atom. The molecule has 2 aromatic rings. The fourth-order valence-electron chi connectivity index (χ4n) is 2.42. The molecule has 3 heteroatoms. The first-order chi connectivity index (χ1) is 10.4. The predicted molar refractivity (Wildman–Crippen MR) is 89.5 cm³/mol. The lowest BCUT2D eigenvalue weighted by Crippen LogP contribution is -2.26. The van der Waals surface area contributed by atoms with Gasteiger partial charge in [0.15, 0.2) is 0 Å². The molecule has 0 aromatic heterocycles. The van der Waals surface area contributed by atoms with Gasteiger partial charge >= 0.3 is 0 Å². The molecule has 1 N–H and O–H groups in total. The van der Waals surface area contributed by atoms with Crippen LogP contribution in [0.4, 0.5) is 0 Å². The molecule has 0 saturated carbocycles. The Morgan fingerprint density at radius 1 is 1.00 bits per heavy atom. The SMILES string of the molecule is COc1ccc(C(=O)NC(C)c2ccc(C)c(C)c2)cc1C. The maximum atomic E-state index is 12.4. The molecular formula is C19H23NO2. The van der Waals surface area contributed by atoms with Gasteiger partial charge in [0.1, 0.15) is 5.75 Å². The molecule has 0 aliphatic rings. The topological polar surface area (TPSA) is 38.3 Å². The van der Waals surface area contributed by atoms with Crippen molar-refractivity contribution < 1.29 is 9.53 Å². The van der Waals surface area contributed by atoms with Gasteiger partial charge in [-0.25, -0.2) is 0 Å². The zero-order chi connectivity index (χ0) is 16.3. The van der Waals surface area contributed by atoms with E-state index in [1.165, 1.54) is 11.1 Å². The van der Waals surface area contributed by atoms with Crippen LogP contribution >= 0.6 is 0 Å². The molecule has 1 amide bonds. The lowest BCUT2D eigenvalue weighted by Gasteiger charge is -2.16. The van der Waals surface area contributed by atoms with Gasteiger partial charge in [0, 0.05) is 5.56 Å². The van der Waals surface area contributed by atoms with Crippen molar-refractivity contribution in [2.75, 3.05) is 7.11 Å². The highest BCUT2D eigenvalue weighted by molar-refractivity contribution is 5.94. The van der Waals surface area contributed by atoms with Gasteiger partial charge in [0.2, 0.25) is 0 Å². The van der Waals surface area contributed by atoms with Crippen molar-refractivity contribution in [2.24, 2.45) is 0 Å². The van der Waals surface area contributed by atoms with Gasteiger partial charge in [-0.3, -0.25) is 4.79 Å². The average molecular weight is 297 g/mol. The molecule has 0 saturated heterocycles. The highest BCUT2D eigenvalue weighted by Gasteiger charge is 2.13. The van der Waals surface area contributed by atoms with Crippen LogP contribution in [0, 0.1) is 20.8 Å². The van der Waals surface area contributed by atoms with Crippen molar-refractivity contribution in [3.63, 3.8) is 0 Å². The van der Waals surface area contributed by atoms with E-state index in [1.54, 1.807) is 13.2 Å². The molecule has 0 spiro atoms. The van der Waals surface area contributed by atoms with Gasteiger partial charge in [-0.15, -0.1) is 0 Å². The number of methoxy groups -OCH3 is 1. The standard InChI is InChI=1S/C19H23NO2/c1-12-6-7-16(10-13(12)2)15(4)20-19(21)17-8-9-18(22-5)14(3)11-17/h6-11,15H,1-5H3,(H,20,21). The number of amides is 1. The summed E-state index contributed by atoms with van der Waals surface area (Å²) in [6.07, 6.45) is 0. The fourth-order valence-corrected chi connectivity index (χ4v) is 2.42. The first-order valence-electron chi connectivity index (χ1n) is 7.45. The predicted octanol–water partition coefficient (Wildman–Crippen LogP) is 4.11. The molecule has 0 aliphatic carbocycles. The number of nitrogens with one attached hydrogen (secondary N) is 1. The summed E-state index contributed by atoms with van der Waals surface area (Å²) in [5.74, 6) is 0.718. The molecule has 0 bridgehead atoms. The largest absolute Gasteiger partial charge is 0.496 e. The van der Waals surface area contributed by atoms with E-state index >= 15 is 0 Å². The Balaban J connectivity index is 2.13. The summed E-state index contributed by atoms with van der Waals surface area (Å²) in [7, 11) is 1.63. The smallest absolute Gasteiger partial charge is 0.251 e. The maximum Gasteiger partial charge on any atom is 0.251 e. The lowest BCUT2D eigenvalue weighted by atomic mass is 10.0. The lowest BCUT2D eigenvalue weighted by molar-refractivity contribution is 0.0939. The molecular weight excluding hydrogens is 274 g/mol. The van der Waals surface area contributed by atoms with Crippen LogP contribution in [0.3, 0.4) is 0 Å². The third-order valence-electron chi connectivity index (χ3n) is 4.04. The van der Waals surface area contributed by atoms with E-state index in [4.69, 9.17) is 4.74 Å². The van der Waals surface area contributed by atoms with E-state index < -0.39 is 0 Å². The van der Waals surface area contributed by atoms with Gasteiger partial charge in [-0.05, 0) is 68.1 Å². The van der Waals surface area contributed by atoms with Crippen LogP contribution in [0.25, 0.3) is 0 Å². The first kappa shape index (κ1) is 16.1. The Kier molecular flexibility index (Phi) is 4.86. The second-order valence-corrected chi connectivity index (χ2v) is 5.72. The Hall–Kier alpha value is -2.29. The first-order valence-corrected chi connectivity index (χ1v) is 7.45. The van der Waals surface area contributed by atoms with Crippen LogP contribution in [0.1, 0.15) is 45.6 Å². The Bertz CT molecular complexity index is 692. The van der Waals surface area contributed by atoms with Crippen molar-refractivity contribution >= 4 is 5.91 Å². The van der Waals surface area contributed by atoms with E-state index in [0.29, 0.717) is 5.56 Å². The van der Waals surface area contributed by atoms with Gasteiger partial charge in [-0.2, -0.15) is 0 Å². The van der Waals surface area contributed by atoms with Crippen molar-refractivity contribution in [2.45, 2.75) is 33.7 Å². The van der Waals surface area contributed by atoms with Crippen LogP contribution in [0.15, 0.2) is 36.4 Å². The summed E-state index contributed by atoms with van der Waals surface area (Å²) in [5, 5.41) is 3.04. The van der Waals surface area contributed by atoms with E-state index in [2.05, 4.69) is 37.4 Å². The number of benzene rings is 2. The van der Waals surface area contributed by atoms with Crippen LogP contribution in [-0.4, -0.2) is 13.0 Å². The number of ether oxygens (including phenoxy) is 1. The van der Waals surface area contributed by atoms with Gasteiger partial charge in [-0.1, -0.05) is 18.2 Å². The molecule has 22 heavy (non-hydrogen) atoms. The molecule has 1 unspecified atom stereocenters. The summed E-state index contributed by atoms with van der Waals surface area (Å²) in [4.78, 5) is 12.4. The highest BCUT2D eigenvalue weighted by Crippen LogP contribution is 2.20. The summed E-state index contributed by atoms with van der Waals surface area (Å²) in [6.45, 7) is 8.10. The van der Waals surface area contributed by atoms with Gasteiger partial charge in [0.25, 0.3) is 5.91 Å². The number of rotatable bonds is 4. The minimum Gasteiger partial charge on any atom is -0.496 e. The summed E-state index contributed by atoms with van der Waals surface area (Å²) >= 11 is 0. The average Bonchev–Trinajstić information content (AvgIpc) is 2.49. The van der Waals surface area contributed by atoms with Crippen LogP contribution in [0.5, 0.6) is 5.75 Å². The van der Waals surface area contributed by atoms with E-state index in [1.807, 2.05) is 26.0 Å². The third kappa shape index (κ3) is 3.48. The molecule has 0 radical (unpaired) electrons. The van der Waals surface area contributed by atoms with Gasteiger partial charge < -0.3 is 10.1 Å². The normalized spacial score (nSPS) is 11.9. The van der Waals surface area contributed by atoms with Crippen molar-refractivity contribution in [1.82, 2.24) is 5.32 Å². The van der Waals surface area contributed by atoms with Crippen molar-refractivity contribution in [3.8, 4) is 5.75 Å². The second kappa shape index (κ2) is 6.65. The quantitative estimate of drug-likeness (QED) is 0.922. The third-order valence-corrected chi connectivity index (χ3v) is 4.04. The molecule has 1 atom stereocenters. The second-order valence-electron chi connectivity index (χ2n) is 5.72. The minimum absolute atomic E-state index is 0.0331. The van der Waals surface area contributed by atoms with Crippen molar-refractivity contribution in [1.29, 1.82) is 0 Å². The van der Waals surface area contributed by atoms with E-state index in [0.717, 1.165) is 16.9 Å². The number of hydrogen-bond donors (Lipinski definition) is 1. The summed E-state index contributed by atoms with van der Waals surface area (Å²) in [6, 6.07) is 11.7. The van der Waals surface area contributed by atoms with Crippen LogP contribution < -0.4 is 10.1 Å². The maximum absolute atomic E-state index is 12.4. The van der Waals surface area contributed by atoms with Crippen LogP contribution in [0.2, 0.25) is 0 Å². The number of hydrogen-bond acceptors (Lipinski definition) is 2. The number of aryl methyl sites for hydroxylation is 3. The molecule has 0 aliphatic heterocycles. The Labute approximate surface area is 132 Å². The van der Waals surface area contributed by atoms with Crippen molar-refractivity contribution in [3.05, 3.63) is 64.2 Å². The fraction of sp³-hybridized carbons (Fsp3) is 0.316. The summed E-state index contributed by atoms with van der Waals surface area (Å²) < 4.78 is 5.22. The van der Waals surface area contributed by atoms with E-state index in [9.17, 15) is 4.79 Å². The zero-order valence-electron chi connectivity index (χ0n) is 13.9. The zero-order valence-corrected chi connectivity index (χ0v) is 13.9. The van der Waals surface area contributed by atoms with Crippen LogP contribution in [-0.2, 0) is 0 Å². The van der Waals surface area contributed by atoms with E-state index in [-0.39, 0.29) is 11.9 Å². The molecule has 0 fully saturated rings. The molecule has 2 rings (SSSR count). The number of carbonyl (C=O) groups is 1. The number of carbonyl (C=O) groups excluding carboxylic acids is 1.